The molecule has 2 N–H and O–H groups in total. The van der Waals surface area contributed by atoms with Crippen LogP contribution in [0.25, 0.3) is 10.8 Å². The second-order valence-electron chi connectivity index (χ2n) is 6.68. The van der Waals surface area contributed by atoms with Gasteiger partial charge in [-0.15, -0.1) is 0 Å². The van der Waals surface area contributed by atoms with Gasteiger partial charge >= 0.3 is 5.97 Å². The van der Waals surface area contributed by atoms with E-state index in [0.29, 0.717) is 13.0 Å². The zero-order chi connectivity index (χ0) is 19.4. The quantitative estimate of drug-likeness (QED) is 0.740. The average Bonchev–Trinajstić information content (AvgIpc) is 2.96. The first kappa shape index (κ1) is 19.3. The molecule has 0 aliphatic carbocycles. The number of carboxylic acid groups (broad SMARTS) is 1. The number of amides is 1. The van der Waals surface area contributed by atoms with Gasteiger partial charge in [0.2, 0.25) is 15.9 Å². The molecule has 7 nitrogen and oxygen atoms in total. The number of carbonyl (C=O) groups excluding carboxylic acids is 1. The number of nitrogens with zero attached hydrogens (tertiary/aromatic N) is 1. The van der Waals surface area contributed by atoms with Crippen LogP contribution >= 0.6 is 0 Å². The summed E-state index contributed by atoms with van der Waals surface area (Å²) in [7, 11) is -3.35. The van der Waals surface area contributed by atoms with Crippen molar-refractivity contribution in [2.24, 2.45) is 5.92 Å². The Kier molecular flexibility index (Phi) is 5.76. The highest BCUT2D eigenvalue weighted by atomic mass is 32.2. The molecule has 0 saturated carbocycles. The summed E-state index contributed by atoms with van der Waals surface area (Å²) in [5, 5.41) is 14.1. The number of rotatable bonds is 7. The Morgan fingerprint density at radius 1 is 1.15 bits per heavy atom. The van der Waals surface area contributed by atoms with Crippen LogP contribution in [-0.4, -0.2) is 55.1 Å². The predicted molar refractivity (Wildman–Crippen MR) is 102 cm³/mol. The molecule has 0 bridgehead atoms. The van der Waals surface area contributed by atoms with Gasteiger partial charge in [0.1, 0.15) is 0 Å². The molecule has 0 aromatic heterocycles. The minimum Gasteiger partial charge on any atom is -0.481 e. The fourth-order valence-corrected chi connectivity index (χ4v) is 4.78. The standard InChI is InChI=1S/C19H22N2O5S/c22-18(13-21-9-4-10-27(21,25)26)20-12-16(19(23)24)11-15-7-3-6-14-5-1-2-8-17(14)15/h1-3,5-8,16H,4,9-13H2,(H,20,22)(H,23,24). The maximum Gasteiger partial charge on any atom is 0.308 e. The fraction of sp³-hybridized carbons (Fsp3) is 0.368. The van der Waals surface area contributed by atoms with Gasteiger partial charge in [0.25, 0.3) is 0 Å². The molecule has 1 aliphatic heterocycles. The van der Waals surface area contributed by atoms with Gasteiger partial charge in [-0.2, -0.15) is 4.31 Å². The molecule has 1 atom stereocenters. The van der Waals surface area contributed by atoms with Crippen molar-refractivity contribution >= 4 is 32.7 Å². The minimum absolute atomic E-state index is 0.0503. The highest BCUT2D eigenvalue weighted by molar-refractivity contribution is 7.89. The maximum atomic E-state index is 12.1. The molecule has 2 aromatic rings. The van der Waals surface area contributed by atoms with Crippen molar-refractivity contribution in [3.8, 4) is 0 Å². The van der Waals surface area contributed by atoms with E-state index in [1.807, 2.05) is 42.5 Å². The third kappa shape index (κ3) is 4.64. The molecule has 144 valence electrons. The maximum absolute atomic E-state index is 12.1. The molecule has 8 heteroatoms. The van der Waals surface area contributed by atoms with Crippen LogP contribution in [0.4, 0.5) is 0 Å². The Balaban J connectivity index is 1.64. The molecule has 1 unspecified atom stereocenters. The summed E-state index contributed by atoms with van der Waals surface area (Å²) in [6.07, 6.45) is 0.785. The van der Waals surface area contributed by atoms with Crippen LogP contribution in [0.5, 0.6) is 0 Å². The summed E-state index contributed by atoms with van der Waals surface area (Å²) in [6.45, 7) is 0.0162. The highest BCUT2D eigenvalue weighted by Crippen LogP contribution is 2.21. The molecule has 1 fully saturated rings. The Morgan fingerprint density at radius 2 is 1.89 bits per heavy atom. The summed E-state index contributed by atoms with van der Waals surface area (Å²) in [4.78, 5) is 23.7. The van der Waals surface area contributed by atoms with Crippen LogP contribution in [0.15, 0.2) is 42.5 Å². The third-order valence-corrected chi connectivity index (χ3v) is 6.67. The second kappa shape index (κ2) is 8.06. The van der Waals surface area contributed by atoms with Gasteiger partial charge in [-0.1, -0.05) is 42.5 Å². The molecule has 1 heterocycles. The first-order valence-electron chi connectivity index (χ1n) is 8.81. The number of carboxylic acids is 1. The van der Waals surface area contributed by atoms with Crippen LogP contribution in [0, 0.1) is 5.92 Å². The van der Waals surface area contributed by atoms with Crippen molar-refractivity contribution in [3.05, 3.63) is 48.0 Å². The molecular formula is C19H22N2O5S. The van der Waals surface area contributed by atoms with Crippen LogP contribution in [0.3, 0.4) is 0 Å². The molecule has 1 amide bonds. The first-order chi connectivity index (χ1) is 12.9. The number of hydrogen-bond donors (Lipinski definition) is 2. The minimum atomic E-state index is -3.35. The lowest BCUT2D eigenvalue weighted by Gasteiger charge is -2.17. The monoisotopic (exact) mass is 390 g/mol. The van der Waals surface area contributed by atoms with Crippen LogP contribution in [0.1, 0.15) is 12.0 Å². The molecule has 2 aromatic carbocycles. The largest absolute Gasteiger partial charge is 0.481 e. The molecule has 1 aliphatic rings. The summed E-state index contributed by atoms with van der Waals surface area (Å²) >= 11 is 0. The molecule has 3 rings (SSSR count). The molecule has 27 heavy (non-hydrogen) atoms. The van der Waals surface area contributed by atoms with Crippen LogP contribution < -0.4 is 5.32 Å². The number of hydrogen-bond acceptors (Lipinski definition) is 4. The van der Waals surface area contributed by atoms with E-state index >= 15 is 0 Å². The molecule has 0 radical (unpaired) electrons. The van der Waals surface area contributed by atoms with Crippen molar-refractivity contribution in [1.29, 1.82) is 0 Å². The van der Waals surface area contributed by atoms with Gasteiger partial charge in [-0.05, 0) is 29.2 Å². The summed E-state index contributed by atoms with van der Waals surface area (Å²) in [5.41, 5.74) is 0.900. The lowest BCUT2D eigenvalue weighted by atomic mass is 9.95. The summed E-state index contributed by atoms with van der Waals surface area (Å²) in [5.74, 6) is -2.23. The lowest BCUT2D eigenvalue weighted by Crippen LogP contribution is -2.41. The number of benzene rings is 2. The second-order valence-corrected chi connectivity index (χ2v) is 8.77. The predicted octanol–water partition coefficient (Wildman–Crippen LogP) is 1.23. The van der Waals surface area contributed by atoms with Gasteiger partial charge in [0, 0.05) is 13.1 Å². The molecular weight excluding hydrogens is 368 g/mol. The van der Waals surface area contributed by atoms with Crippen molar-refractivity contribution < 1.29 is 23.1 Å². The van der Waals surface area contributed by atoms with Crippen molar-refractivity contribution in [2.75, 3.05) is 25.4 Å². The highest BCUT2D eigenvalue weighted by Gasteiger charge is 2.30. The van der Waals surface area contributed by atoms with Crippen molar-refractivity contribution in [2.45, 2.75) is 12.8 Å². The number of fused-ring (bicyclic) bond motifs is 1. The van der Waals surface area contributed by atoms with E-state index in [0.717, 1.165) is 20.6 Å². The fourth-order valence-electron chi connectivity index (χ4n) is 3.30. The van der Waals surface area contributed by atoms with Gasteiger partial charge in [0.05, 0.1) is 18.2 Å². The van der Waals surface area contributed by atoms with E-state index in [1.54, 1.807) is 0 Å². The zero-order valence-electron chi connectivity index (χ0n) is 14.8. The van der Waals surface area contributed by atoms with Gasteiger partial charge in [0.15, 0.2) is 0 Å². The average molecular weight is 390 g/mol. The van der Waals surface area contributed by atoms with Crippen molar-refractivity contribution in [1.82, 2.24) is 9.62 Å². The summed E-state index contributed by atoms with van der Waals surface area (Å²) in [6, 6.07) is 13.5. The normalized spacial score (nSPS) is 17.6. The number of carbonyl (C=O) groups is 2. The third-order valence-electron chi connectivity index (χ3n) is 4.76. The topological polar surface area (TPSA) is 104 Å². The summed E-state index contributed by atoms with van der Waals surface area (Å²) < 4.78 is 24.7. The van der Waals surface area contributed by atoms with Crippen molar-refractivity contribution in [3.63, 3.8) is 0 Å². The van der Waals surface area contributed by atoms with E-state index in [1.165, 1.54) is 0 Å². The van der Waals surface area contributed by atoms with Crippen LogP contribution in [-0.2, 0) is 26.0 Å². The van der Waals surface area contributed by atoms with Gasteiger partial charge in [-0.25, -0.2) is 8.42 Å². The van der Waals surface area contributed by atoms with Gasteiger partial charge < -0.3 is 10.4 Å². The Morgan fingerprint density at radius 3 is 2.59 bits per heavy atom. The smallest absolute Gasteiger partial charge is 0.308 e. The van der Waals surface area contributed by atoms with Gasteiger partial charge in [-0.3, -0.25) is 9.59 Å². The number of aliphatic carboxylic acids is 1. The Labute approximate surface area is 158 Å². The van der Waals surface area contributed by atoms with E-state index in [2.05, 4.69) is 5.32 Å². The SMILES string of the molecule is O=C(CN1CCCS1(=O)=O)NCC(Cc1cccc2ccccc12)C(=O)O. The Hall–Kier alpha value is -2.45. The van der Waals surface area contributed by atoms with Crippen LogP contribution in [0.2, 0.25) is 0 Å². The lowest BCUT2D eigenvalue weighted by molar-refractivity contribution is -0.141. The van der Waals surface area contributed by atoms with E-state index in [9.17, 15) is 23.1 Å². The first-order valence-corrected chi connectivity index (χ1v) is 10.4. The van der Waals surface area contributed by atoms with E-state index in [4.69, 9.17) is 0 Å². The number of nitrogens with one attached hydrogen (secondary N) is 1. The van der Waals surface area contributed by atoms with E-state index in [-0.39, 0.29) is 25.3 Å². The van der Waals surface area contributed by atoms with E-state index < -0.39 is 27.8 Å². The Bertz CT molecular complexity index is 952. The molecule has 1 saturated heterocycles. The molecule has 0 spiro atoms. The zero-order valence-corrected chi connectivity index (χ0v) is 15.6. The number of sulfonamides is 1.